The van der Waals surface area contributed by atoms with Gasteiger partial charge in [0.2, 0.25) is 5.91 Å². The van der Waals surface area contributed by atoms with Gasteiger partial charge < -0.3 is 14.5 Å². The first-order chi connectivity index (χ1) is 9.70. The van der Waals surface area contributed by atoms with Crippen LogP contribution >= 0.6 is 11.6 Å². The lowest BCUT2D eigenvalue weighted by atomic mass is 10.1. The first kappa shape index (κ1) is 14.6. The Morgan fingerprint density at radius 1 is 1.35 bits per heavy atom. The van der Waals surface area contributed by atoms with Crippen LogP contribution in [0.4, 0.5) is 0 Å². The van der Waals surface area contributed by atoms with E-state index in [4.69, 9.17) is 20.8 Å². The van der Waals surface area contributed by atoms with Crippen LogP contribution in [0.25, 0.3) is 0 Å². The molecule has 1 aromatic heterocycles. The summed E-state index contributed by atoms with van der Waals surface area (Å²) in [5, 5.41) is 3.41. The van der Waals surface area contributed by atoms with E-state index in [2.05, 4.69) is 5.32 Å². The lowest BCUT2D eigenvalue weighted by molar-refractivity contribution is -0.121. The number of halogens is 1. The van der Waals surface area contributed by atoms with Gasteiger partial charge in [-0.15, -0.1) is 0 Å². The number of rotatable bonds is 6. The summed E-state index contributed by atoms with van der Waals surface area (Å²) in [6, 6.07) is 10.9. The van der Waals surface area contributed by atoms with Crippen LogP contribution in [0.15, 0.2) is 47.1 Å². The summed E-state index contributed by atoms with van der Waals surface area (Å²) in [7, 11) is 1.58. The van der Waals surface area contributed by atoms with Crippen molar-refractivity contribution in [2.24, 2.45) is 0 Å². The van der Waals surface area contributed by atoms with E-state index in [0.29, 0.717) is 17.3 Å². The fourth-order valence-electron chi connectivity index (χ4n) is 1.86. The quantitative estimate of drug-likeness (QED) is 0.891. The Labute approximate surface area is 122 Å². The highest BCUT2D eigenvalue weighted by Crippen LogP contribution is 2.17. The molecule has 0 fully saturated rings. The molecule has 2 rings (SSSR count). The SMILES string of the molecule is CO[C@H](CNC(=O)Cc1ccccc1Cl)c1ccco1. The third-order valence-corrected chi connectivity index (χ3v) is 3.31. The second-order valence-electron chi connectivity index (χ2n) is 4.31. The molecule has 0 bridgehead atoms. The summed E-state index contributed by atoms with van der Waals surface area (Å²) >= 11 is 6.02. The highest BCUT2D eigenvalue weighted by atomic mass is 35.5. The van der Waals surface area contributed by atoms with E-state index >= 15 is 0 Å². The van der Waals surface area contributed by atoms with E-state index in [9.17, 15) is 4.79 Å². The molecule has 5 heteroatoms. The summed E-state index contributed by atoms with van der Waals surface area (Å²) in [5.74, 6) is 0.581. The zero-order valence-corrected chi connectivity index (χ0v) is 11.9. The molecule has 0 aliphatic carbocycles. The van der Waals surface area contributed by atoms with Gasteiger partial charge in [-0.25, -0.2) is 0 Å². The minimum absolute atomic E-state index is 0.105. The molecular formula is C15H16ClNO3. The van der Waals surface area contributed by atoms with Crippen LogP contribution in [0.3, 0.4) is 0 Å². The Balaban J connectivity index is 1.87. The van der Waals surface area contributed by atoms with Crippen LogP contribution in [0.1, 0.15) is 17.4 Å². The normalized spacial score (nSPS) is 12.1. The number of amides is 1. The predicted octanol–water partition coefficient (Wildman–Crippen LogP) is 2.98. The van der Waals surface area contributed by atoms with Gasteiger partial charge in [0.15, 0.2) is 0 Å². The monoisotopic (exact) mass is 293 g/mol. The lowest BCUT2D eigenvalue weighted by Crippen LogP contribution is -2.30. The van der Waals surface area contributed by atoms with Gasteiger partial charge in [-0.3, -0.25) is 4.79 Å². The second kappa shape index (κ2) is 7.12. The van der Waals surface area contributed by atoms with Crippen LogP contribution in [0.2, 0.25) is 5.02 Å². The van der Waals surface area contributed by atoms with Gasteiger partial charge in [0.05, 0.1) is 19.2 Å². The van der Waals surface area contributed by atoms with Crippen molar-refractivity contribution >= 4 is 17.5 Å². The van der Waals surface area contributed by atoms with Gasteiger partial charge in [0.25, 0.3) is 0 Å². The average Bonchev–Trinajstić information content (AvgIpc) is 2.96. The van der Waals surface area contributed by atoms with E-state index < -0.39 is 0 Å². The molecule has 0 radical (unpaired) electrons. The molecule has 106 valence electrons. The summed E-state index contributed by atoms with van der Waals surface area (Å²) in [4.78, 5) is 11.9. The molecule has 1 atom stereocenters. The average molecular weight is 294 g/mol. The van der Waals surface area contributed by atoms with Gasteiger partial charge in [-0.05, 0) is 23.8 Å². The maximum Gasteiger partial charge on any atom is 0.224 e. The lowest BCUT2D eigenvalue weighted by Gasteiger charge is -2.14. The van der Waals surface area contributed by atoms with Crippen LogP contribution in [-0.2, 0) is 16.0 Å². The summed E-state index contributed by atoms with van der Waals surface area (Å²) in [6.07, 6.45) is 1.53. The molecule has 20 heavy (non-hydrogen) atoms. The number of nitrogens with one attached hydrogen (secondary N) is 1. The first-order valence-corrected chi connectivity index (χ1v) is 6.65. The van der Waals surface area contributed by atoms with Crippen molar-refractivity contribution in [1.82, 2.24) is 5.32 Å². The summed E-state index contributed by atoms with van der Waals surface area (Å²) in [5.41, 5.74) is 0.804. The molecule has 0 aliphatic heterocycles. The Hall–Kier alpha value is -1.78. The largest absolute Gasteiger partial charge is 0.467 e. The topological polar surface area (TPSA) is 51.5 Å². The number of hydrogen-bond donors (Lipinski definition) is 1. The third-order valence-electron chi connectivity index (χ3n) is 2.94. The maximum atomic E-state index is 11.9. The second-order valence-corrected chi connectivity index (χ2v) is 4.72. The maximum absolute atomic E-state index is 11.9. The Morgan fingerprint density at radius 2 is 2.15 bits per heavy atom. The molecule has 0 saturated heterocycles. The van der Waals surface area contributed by atoms with Crippen molar-refractivity contribution in [3.05, 3.63) is 59.0 Å². The van der Waals surface area contributed by atoms with E-state index in [1.54, 1.807) is 25.5 Å². The van der Waals surface area contributed by atoms with Crippen LogP contribution in [-0.4, -0.2) is 19.6 Å². The van der Waals surface area contributed by atoms with E-state index in [-0.39, 0.29) is 18.4 Å². The van der Waals surface area contributed by atoms with Crippen molar-refractivity contribution in [1.29, 1.82) is 0 Å². The molecule has 1 heterocycles. The van der Waals surface area contributed by atoms with E-state index in [1.165, 1.54) is 0 Å². The fraction of sp³-hybridized carbons (Fsp3) is 0.267. The van der Waals surface area contributed by atoms with Gasteiger partial charge in [-0.2, -0.15) is 0 Å². The smallest absolute Gasteiger partial charge is 0.224 e. The Morgan fingerprint density at radius 3 is 2.80 bits per heavy atom. The predicted molar refractivity (Wildman–Crippen MR) is 76.6 cm³/mol. The molecule has 0 unspecified atom stereocenters. The number of carbonyl (C=O) groups excluding carboxylic acids is 1. The van der Waals surface area contributed by atoms with Crippen LogP contribution in [0.5, 0.6) is 0 Å². The minimum Gasteiger partial charge on any atom is -0.467 e. The van der Waals surface area contributed by atoms with Crippen molar-refractivity contribution in [2.75, 3.05) is 13.7 Å². The highest BCUT2D eigenvalue weighted by molar-refractivity contribution is 6.31. The summed E-state index contributed by atoms with van der Waals surface area (Å²) in [6.45, 7) is 0.354. The molecule has 1 amide bonds. The van der Waals surface area contributed by atoms with Crippen LogP contribution in [0, 0.1) is 0 Å². The van der Waals surface area contributed by atoms with Gasteiger partial charge in [0, 0.05) is 12.1 Å². The molecule has 0 spiro atoms. The molecular weight excluding hydrogens is 278 g/mol. The van der Waals surface area contributed by atoms with Crippen molar-refractivity contribution < 1.29 is 13.9 Å². The number of carbonyl (C=O) groups is 1. The van der Waals surface area contributed by atoms with Crippen molar-refractivity contribution in [3.8, 4) is 0 Å². The number of ether oxygens (including phenoxy) is 1. The zero-order valence-electron chi connectivity index (χ0n) is 11.1. The van der Waals surface area contributed by atoms with Gasteiger partial charge in [-0.1, -0.05) is 29.8 Å². The molecule has 4 nitrogen and oxygen atoms in total. The minimum atomic E-state index is -0.291. The molecule has 1 N–H and O–H groups in total. The van der Waals surface area contributed by atoms with Gasteiger partial charge >= 0.3 is 0 Å². The summed E-state index contributed by atoms with van der Waals surface area (Å²) < 4.78 is 10.5. The van der Waals surface area contributed by atoms with Gasteiger partial charge in [0.1, 0.15) is 11.9 Å². The Bertz CT molecular complexity index is 554. The fourth-order valence-corrected chi connectivity index (χ4v) is 2.06. The number of hydrogen-bond acceptors (Lipinski definition) is 3. The zero-order chi connectivity index (χ0) is 14.4. The van der Waals surface area contributed by atoms with Crippen LogP contribution < -0.4 is 5.32 Å². The van der Waals surface area contributed by atoms with E-state index in [1.807, 2.05) is 24.3 Å². The number of methoxy groups -OCH3 is 1. The standard InChI is InChI=1S/C15H16ClNO3/c1-19-14(13-7-4-8-20-13)10-17-15(18)9-11-5-2-3-6-12(11)16/h2-8,14H,9-10H2,1H3,(H,17,18)/t14-/m1/s1. The highest BCUT2D eigenvalue weighted by Gasteiger charge is 2.15. The van der Waals surface area contributed by atoms with E-state index in [0.717, 1.165) is 5.56 Å². The van der Waals surface area contributed by atoms with Crippen molar-refractivity contribution in [2.45, 2.75) is 12.5 Å². The molecule has 0 aliphatic rings. The molecule has 0 saturated carbocycles. The number of furan rings is 1. The Kier molecular flexibility index (Phi) is 5.21. The first-order valence-electron chi connectivity index (χ1n) is 6.27. The van der Waals surface area contributed by atoms with Crippen molar-refractivity contribution in [3.63, 3.8) is 0 Å². The third kappa shape index (κ3) is 3.85. The molecule has 1 aromatic carbocycles. The molecule has 2 aromatic rings. The number of benzene rings is 1.